The Morgan fingerprint density at radius 1 is 1.50 bits per heavy atom. The van der Waals surface area contributed by atoms with E-state index in [1.54, 1.807) is 13.8 Å². The summed E-state index contributed by atoms with van der Waals surface area (Å²) >= 11 is 5.51. The predicted octanol–water partition coefficient (Wildman–Crippen LogP) is 1.30. The van der Waals surface area contributed by atoms with Crippen LogP contribution in [-0.4, -0.2) is 35.8 Å². The van der Waals surface area contributed by atoms with Crippen molar-refractivity contribution in [3.05, 3.63) is 17.7 Å². The molecule has 1 rings (SSSR count). The Bertz CT molecular complexity index is 538. The molecule has 0 spiro atoms. The third kappa shape index (κ3) is 3.38. The molecule has 0 amide bonds. The molecule has 0 aliphatic rings. The SMILES string of the molecule is CCN(CC(C)C#N)S(=O)(=O)c1cnc(Cl)nc1. The number of sulfonamides is 1. The second-order valence-electron chi connectivity index (χ2n) is 3.67. The fraction of sp³-hybridized carbons (Fsp3) is 0.500. The van der Waals surface area contributed by atoms with Crippen LogP contribution in [0.15, 0.2) is 17.3 Å². The van der Waals surface area contributed by atoms with Crippen LogP contribution >= 0.6 is 11.6 Å². The zero-order valence-electron chi connectivity index (χ0n) is 10.0. The maximum absolute atomic E-state index is 12.2. The van der Waals surface area contributed by atoms with Crippen molar-refractivity contribution < 1.29 is 8.42 Å². The summed E-state index contributed by atoms with van der Waals surface area (Å²) in [4.78, 5) is 7.26. The van der Waals surface area contributed by atoms with Gasteiger partial charge in [-0.15, -0.1) is 0 Å². The van der Waals surface area contributed by atoms with E-state index in [-0.39, 0.29) is 29.2 Å². The summed E-state index contributed by atoms with van der Waals surface area (Å²) in [7, 11) is -3.67. The molecule has 98 valence electrons. The largest absolute Gasteiger partial charge is 0.246 e. The molecular formula is C10H13ClN4O2S. The average molecular weight is 289 g/mol. The Kier molecular flexibility index (Phi) is 5.02. The van der Waals surface area contributed by atoms with Gasteiger partial charge in [0.1, 0.15) is 4.90 Å². The van der Waals surface area contributed by atoms with Crippen LogP contribution in [0.25, 0.3) is 0 Å². The number of hydrogen-bond acceptors (Lipinski definition) is 5. The molecule has 1 aromatic heterocycles. The summed E-state index contributed by atoms with van der Waals surface area (Å²) < 4.78 is 25.7. The van der Waals surface area contributed by atoms with E-state index in [2.05, 4.69) is 9.97 Å². The topological polar surface area (TPSA) is 87.0 Å². The zero-order valence-corrected chi connectivity index (χ0v) is 11.6. The molecule has 0 saturated heterocycles. The molecule has 0 saturated carbocycles. The summed E-state index contributed by atoms with van der Waals surface area (Å²) in [5.41, 5.74) is 0. The highest BCUT2D eigenvalue weighted by Gasteiger charge is 2.25. The van der Waals surface area contributed by atoms with Crippen molar-refractivity contribution in [2.24, 2.45) is 5.92 Å². The minimum absolute atomic E-state index is 0.0117. The maximum Gasteiger partial charge on any atom is 0.246 e. The first-order chi connectivity index (χ1) is 8.41. The Labute approximate surface area is 111 Å². The van der Waals surface area contributed by atoms with Crippen LogP contribution in [0.1, 0.15) is 13.8 Å². The van der Waals surface area contributed by atoms with E-state index >= 15 is 0 Å². The highest BCUT2D eigenvalue weighted by Crippen LogP contribution is 2.15. The summed E-state index contributed by atoms with van der Waals surface area (Å²) in [5.74, 6) is -0.382. The van der Waals surface area contributed by atoms with Gasteiger partial charge >= 0.3 is 0 Å². The number of hydrogen-bond donors (Lipinski definition) is 0. The van der Waals surface area contributed by atoms with Crippen LogP contribution in [0.3, 0.4) is 0 Å². The molecule has 0 aliphatic carbocycles. The first kappa shape index (κ1) is 14.8. The van der Waals surface area contributed by atoms with Crippen molar-refractivity contribution in [2.45, 2.75) is 18.7 Å². The van der Waals surface area contributed by atoms with Gasteiger partial charge in [-0.2, -0.15) is 9.57 Å². The smallest absolute Gasteiger partial charge is 0.225 e. The fourth-order valence-corrected chi connectivity index (χ4v) is 2.85. The van der Waals surface area contributed by atoms with Crippen LogP contribution in [-0.2, 0) is 10.0 Å². The Hall–Kier alpha value is -1.23. The van der Waals surface area contributed by atoms with Crippen LogP contribution < -0.4 is 0 Å². The zero-order chi connectivity index (χ0) is 13.8. The predicted molar refractivity (Wildman–Crippen MR) is 66.3 cm³/mol. The van der Waals surface area contributed by atoms with Gasteiger partial charge in [0.05, 0.1) is 24.4 Å². The van der Waals surface area contributed by atoms with E-state index in [0.29, 0.717) is 0 Å². The van der Waals surface area contributed by atoms with Gasteiger partial charge in [0.2, 0.25) is 15.3 Å². The summed E-state index contributed by atoms with van der Waals surface area (Å²) in [6, 6.07) is 2.00. The van der Waals surface area contributed by atoms with Gasteiger partial charge in [-0.3, -0.25) is 0 Å². The van der Waals surface area contributed by atoms with Crippen LogP contribution in [0, 0.1) is 17.2 Å². The van der Waals surface area contributed by atoms with Crippen molar-refractivity contribution in [1.29, 1.82) is 5.26 Å². The second-order valence-corrected chi connectivity index (χ2v) is 5.95. The van der Waals surface area contributed by atoms with Crippen LogP contribution in [0.5, 0.6) is 0 Å². The Balaban J connectivity index is 3.04. The van der Waals surface area contributed by atoms with Gasteiger partial charge in [-0.25, -0.2) is 18.4 Å². The molecule has 0 aliphatic heterocycles. The molecular weight excluding hydrogens is 276 g/mol. The van der Waals surface area contributed by atoms with Gasteiger partial charge in [0, 0.05) is 13.1 Å². The van der Waals surface area contributed by atoms with E-state index < -0.39 is 10.0 Å². The van der Waals surface area contributed by atoms with Crippen molar-refractivity contribution >= 4 is 21.6 Å². The van der Waals surface area contributed by atoms with Crippen molar-refractivity contribution in [3.8, 4) is 6.07 Å². The lowest BCUT2D eigenvalue weighted by atomic mass is 10.2. The molecule has 6 nitrogen and oxygen atoms in total. The monoisotopic (exact) mass is 288 g/mol. The summed E-state index contributed by atoms with van der Waals surface area (Å²) in [6.07, 6.45) is 2.31. The van der Waals surface area contributed by atoms with E-state index in [4.69, 9.17) is 16.9 Å². The van der Waals surface area contributed by atoms with Gasteiger partial charge < -0.3 is 0 Å². The van der Waals surface area contributed by atoms with Gasteiger partial charge in [0.25, 0.3) is 0 Å². The number of nitrogens with zero attached hydrogens (tertiary/aromatic N) is 4. The molecule has 1 unspecified atom stereocenters. The number of nitriles is 1. The maximum atomic E-state index is 12.2. The first-order valence-electron chi connectivity index (χ1n) is 5.29. The normalized spacial score (nSPS) is 13.3. The van der Waals surface area contributed by atoms with Crippen LogP contribution in [0.4, 0.5) is 0 Å². The van der Waals surface area contributed by atoms with Gasteiger partial charge in [0.15, 0.2) is 0 Å². The van der Waals surface area contributed by atoms with E-state index in [0.717, 1.165) is 12.4 Å². The van der Waals surface area contributed by atoms with E-state index in [1.807, 2.05) is 6.07 Å². The molecule has 0 aromatic carbocycles. The molecule has 1 heterocycles. The number of aromatic nitrogens is 2. The molecule has 0 radical (unpaired) electrons. The summed E-state index contributed by atoms with van der Waals surface area (Å²) in [6.45, 7) is 3.78. The molecule has 0 fully saturated rings. The van der Waals surface area contributed by atoms with Crippen molar-refractivity contribution in [1.82, 2.24) is 14.3 Å². The highest BCUT2D eigenvalue weighted by molar-refractivity contribution is 7.89. The third-order valence-corrected chi connectivity index (χ3v) is 4.37. The lowest BCUT2D eigenvalue weighted by Gasteiger charge is -2.20. The minimum atomic E-state index is -3.67. The number of rotatable bonds is 5. The van der Waals surface area contributed by atoms with Crippen molar-refractivity contribution in [2.75, 3.05) is 13.1 Å². The lowest BCUT2D eigenvalue weighted by molar-refractivity contribution is 0.399. The minimum Gasteiger partial charge on any atom is -0.225 e. The molecule has 8 heteroatoms. The molecule has 18 heavy (non-hydrogen) atoms. The first-order valence-corrected chi connectivity index (χ1v) is 7.11. The lowest BCUT2D eigenvalue weighted by Crippen LogP contribution is -2.34. The summed E-state index contributed by atoms with van der Waals surface area (Å²) in [5, 5.41) is 8.73. The standard InChI is InChI=1S/C10H13ClN4O2S/c1-3-15(7-8(2)4-12)18(16,17)9-5-13-10(11)14-6-9/h5-6,8H,3,7H2,1-2H3. The van der Waals surface area contributed by atoms with Crippen molar-refractivity contribution in [3.63, 3.8) is 0 Å². The Morgan fingerprint density at radius 2 is 2.06 bits per heavy atom. The average Bonchev–Trinajstić information content (AvgIpc) is 2.35. The molecule has 0 bridgehead atoms. The third-order valence-electron chi connectivity index (χ3n) is 2.29. The molecule has 1 aromatic rings. The molecule has 0 N–H and O–H groups in total. The Morgan fingerprint density at radius 3 is 2.50 bits per heavy atom. The quantitative estimate of drug-likeness (QED) is 0.762. The number of halogens is 1. The second kappa shape index (κ2) is 6.09. The fourth-order valence-electron chi connectivity index (χ4n) is 1.33. The van der Waals surface area contributed by atoms with Gasteiger partial charge in [-0.05, 0) is 18.5 Å². The van der Waals surface area contributed by atoms with E-state index in [1.165, 1.54) is 4.31 Å². The van der Waals surface area contributed by atoms with Crippen LogP contribution in [0.2, 0.25) is 5.28 Å². The highest BCUT2D eigenvalue weighted by atomic mass is 35.5. The van der Waals surface area contributed by atoms with Gasteiger partial charge in [-0.1, -0.05) is 6.92 Å². The molecule has 1 atom stereocenters. The van der Waals surface area contributed by atoms with E-state index in [9.17, 15) is 8.42 Å².